The number of carboxylic acids is 1. The van der Waals surface area contributed by atoms with E-state index in [4.69, 9.17) is 26.2 Å². The lowest BCUT2D eigenvalue weighted by atomic mass is 10.0. The number of thiazole rings is 1. The molecule has 8 nitrogen and oxygen atoms in total. The summed E-state index contributed by atoms with van der Waals surface area (Å²) < 4.78 is 65.3. The Morgan fingerprint density at radius 3 is 2.37 bits per heavy atom. The van der Waals surface area contributed by atoms with Crippen molar-refractivity contribution >= 4 is 44.1 Å². The number of halogens is 4. The first-order valence-electron chi connectivity index (χ1n) is 11.3. The molecule has 4 rings (SSSR count). The van der Waals surface area contributed by atoms with Gasteiger partial charge in [0.2, 0.25) is 0 Å². The monoisotopic (exact) mass is 591 g/mol. The smallest absolute Gasteiger partial charge is 0.489 e. The maximum atomic E-state index is 12.5. The largest absolute Gasteiger partial charge is 0.490 e. The second kappa shape index (κ2) is 12.8. The quantitative estimate of drug-likeness (QED) is 0.355. The number of nitrogens with one attached hydrogen (secondary N) is 1. The van der Waals surface area contributed by atoms with Gasteiger partial charge in [0, 0.05) is 30.7 Å². The van der Waals surface area contributed by atoms with Crippen molar-refractivity contribution in [1.29, 1.82) is 0 Å². The molecule has 206 valence electrons. The Hall–Kier alpha value is -2.87. The van der Waals surface area contributed by atoms with Gasteiger partial charge in [-0.15, -0.1) is 11.3 Å². The second-order valence-electron chi connectivity index (χ2n) is 8.28. The van der Waals surface area contributed by atoms with Crippen molar-refractivity contribution in [2.45, 2.75) is 43.0 Å². The Morgan fingerprint density at radius 1 is 1.21 bits per heavy atom. The number of benzene rings is 2. The van der Waals surface area contributed by atoms with Gasteiger partial charge in [-0.2, -0.15) is 13.2 Å². The standard InChI is InChI=1S/C22H24ClN3O3S2.C2HF3O2/c1-16(17-5-3-2-4-6-17)26-12-9-18(10-13-26)29-21-8-7-19(15-20(21)23)31(27,28)25-22-24-11-14-30-22;3-2(4,5)1(6)7/h2-8,11,14-16,18H,9-10,12-13H2,1H3,(H,24,25);(H,6,7). The predicted octanol–water partition coefficient (Wildman–Crippen LogP) is 5.84. The van der Waals surface area contributed by atoms with Crippen molar-refractivity contribution in [3.8, 4) is 5.75 Å². The van der Waals surface area contributed by atoms with Gasteiger partial charge >= 0.3 is 12.1 Å². The molecule has 1 atom stereocenters. The summed E-state index contributed by atoms with van der Waals surface area (Å²) in [5.74, 6) is -2.25. The molecular formula is C24H25ClF3N3O5S2. The van der Waals surface area contributed by atoms with Crippen LogP contribution in [0.4, 0.5) is 18.3 Å². The number of nitrogens with zero attached hydrogens (tertiary/aromatic N) is 2. The first-order valence-corrected chi connectivity index (χ1v) is 14.1. The van der Waals surface area contributed by atoms with E-state index in [2.05, 4.69) is 45.8 Å². The van der Waals surface area contributed by atoms with E-state index in [1.165, 1.54) is 29.0 Å². The lowest BCUT2D eigenvalue weighted by Gasteiger charge is -2.36. The summed E-state index contributed by atoms with van der Waals surface area (Å²) in [6, 6.07) is 15.4. The van der Waals surface area contributed by atoms with Crippen molar-refractivity contribution in [3.05, 3.63) is 70.7 Å². The van der Waals surface area contributed by atoms with Crippen LogP contribution in [0.5, 0.6) is 5.75 Å². The van der Waals surface area contributed by atoms with Gasteiger partial charge in [0.05, 0.1) is 9.92 Å². The number of alkyl halides is 3. The number of sulfonamides is 1. The highest BCUT2D eigenvalue weighted by Gasteiger charge is 2.38. The van der Waals surface area contributed by atoms with E-state index < -0.39 is 22.2 Å². The van der Waals surface area contributed by atoms with Crippen LogP contribution in [-0.4, -0.2) is 54.7 Å². The van der Waals surface area contributed by atoms with Crippen LogP contribution in [0.2, 0.25) is 5.02 Å². The number of hydrogen-bond donors (Lipinski definition) is 2. The molecule has 14 heteroatoms. The van der Waals surface area contributed by atoms with E-state index in [1.54, 1.807) is 17.6 Å². The summed E-state index contributed by atoms with van der Waals surface area (Å²) in [7, 11) is -3.75. The van der Waals surface area contributed by atoms with Crippen molar-refractivity contribution in [2.24, 2.45) is 0 Å². The van der Waals surface area contributed by atoms with E-state index >= 15 is 0 Å². The van der Waals surface area contributed by atoms with E-state index in [0.717, 1.165) is 25.9 Å². The third-order valence-electron chi connectivity index (χ3n) is 5.71. The van der Waals surface area contributed by atoms with Gasteiger partial charge in [-0.1, -0.05) is 41.9 Å². The molecular weight excluding hydrogens is 567 g/mol. The average Bonchev–Trinajstić information content (AvgIpc) is 3.38. The molecule has 0 bridgehead atoms. The zero-order chi connectivity index (χ0) is 27.9. The first kappa shape index (κ1) is 29.7. The van der Waals surface area contributed by atoms with E-state index in [9.17, 15) is 21.6 Å². The third-order valence-corrected chi connectivity index (χ3v) is 8.16. The number of aliphatic carboxylic acids is 1. The minimum atomic E-state index is -5.08. The van der Waals surface area contributed by atoms with Crippen LogP contribution < -0.4 is 9.46 Å². The molecule has 1 aliphatic rings. The van der Waals surface area contributed by atoms with Crippen LogP contribution in [0.25, 0.3) is 0 Å². The van der Waals surface area contributed by atoms with Crippen molar-refractivity contribution < 1.29 is 36.2 Å². The van der Waals surface area contributed by atoms with Crippen molar-refractivity contribution in [1.82, 2.24) is 9.88 Å². The first-order chi connectivity index (χ1) is 17.9. The molecule has 0 spiro atoms. The SMILES string of the molecule is CC(c1ccccc1)N1CCC(Oc2ccc(S(=O)(=O)Nc3nccs3)cc2Cl)CC1.O=C(O)C(F)(F)F. The molecule has 0 radical (unpaired) electrons. The lowest BCUT2D eigenvalue weighted by Crippen LogP contribution is -2.39. The van der Waals surface area contributed by atoms with E-state index in [1.807, 2.05) is 6.07 Å². The molecule has 0 aliphatic carbocycles. The predicted molar refractivity (Wildman–Crippen MR) is 138 cm³/mol. The topological polar surface area (TPSA) is 109 Å². The number of carbonyl (C=O) groups is 1. The van der Waals surface area contributed by atoms with Crippen LogP contribution in [0.1, 0.15) is 31.4 Å². The highest BCUT2D eigenvalue weighted by Crippen LogP contribution is 2.32. The third kappa shape index (κ3) is 8.32. The van der Waals surface area contributed by atoms with Crippen LogP contribution in [0.15, 0.2) is 65.0 Å². The van der Waals surface area contributed by atoms with Crippen LogP contribution in [-0.2, 0) is 14.8 Å². The molecule has 1 saturated heterocycles. The number of aromatic nitrogens is 1. The zero-order valence-electron chi connectivity index (χ0n) is 20.1. The van der Waals surface area contributed by atoms with Gasteiger partial charge in [-0.3, -0.25) is 9.62 Å². The van der Waals surface area contributed by atoms with E-state index in [-0.39, 0.29) is 16.0 Å². The van der Waals surface area contributed by atoms with Gasteiger partial charge in [0.15, 0.2) is 5.13 Å². The van der Waals surface area contributed by atoms with Crippen molar-refractivity contribution in [3.63, 3.8) is 0 Å². The number of ether oxygens (including phenoxy) is 1. The molecule has 1 aliphatic heterocycles. The molecule has 1 fully saturated rings. The molecule has 0 saturated carbocycles. The molecule has 2 aromatic carbocycles. The van der Waals surface area contributed by atoms with Crippen LogP contribution in [0, 0.1) is 0 Å². The lowest BCUT2D eigenvalue weighted by molar-refractivity contribution is -0.192. The molecule has 3 aromatic rings. The summed E-state index contributed by atoms with van der Waals surface area (Å²) in [5.41, 5.74) is 1.31. The summed E-state index contributed by atoms with van der Waals surface area (Å²) in [4.78, 5) is 15.4. The highest BCUT2D eigenvalue weighted by molar-refractivity contribution is 7.93. The van der Waals surface area contributed by atoms with Gasteiger partial charge in [0.25, 0.3) is 10.0 Å². The molecule has 38 heavy (non-hydrogen) atoms. The molecule has 1 unspecified atom stereocenters. The number of anilines is 1. The van der Waals surface area contributed by atoms with Crippen molar-refractivity contribution in [2.75, 3.05) is 17.8 Å². The number of rotatable bonds is 7. The fourth-order valence-corrected chi connectivity index (χ4v) is 5.80. The van der Waals surface area contributed by atoms with Gasteiger partial charge in [-0.05, 0) is 43.5 Å². The summed E-state index contributed by atoms with van der Waals surface area (Å²) in [6.07, 6.45) is -1.72. The fraction of sp³-hybridized carbons (Fsp3) is 0.333. The molecule has 2 heterocycles. The van der Waals surface area contributed by atoms with Crippen LogP contribution in [0.3, 0.4) is 0 Å². The summed E-state index contributed by atoms with van der Waals surface area (Å²) >= 11 is 7.57. The summed E-state index contributed by atoms with van der Waals surface area (Å²) in [6.45, 7) is 4.09. The Labute approximate surface area is 227 Å². The van der Waals surface area contributed by atoms with Gasteiger partial charge < -0.3 is 9.84 Å². The molecule has 1 aromatic heterocycles. The highest BCUT2D eigenvalue weighted by atomic mass is 35.5. The second-order valence-corrected chi connectivity index (χ2v) is 11.3. The Bertz CT molecular complexity index is 1300. The maximum absolute atomic E-state index is 12.5. The maximum Gasteiger partial charge on any atom is 0.490 e. The number of piperidine rings is 1. The number of hydrogen-bond acceptors (Lipinski definition) is 7. The minimum Gasteiger partial charge on any atom is -0.489 e. The Kier molecular flexibility index (Phi) is 9.99. The number of carboxylic acid groups (broad SMARTS) is 1. The van der Waals surface area contributed by atoms with Crippen LogP contribution >= 0.6 is 22.9 Å². The molecule has 2 N–H and O–H groups in total. The minimum absolute atomic E-state index is 0.0487. The molecule has 0 amide bonds. The summed E-state index contributed by atoms with van der Waals surface area (Å²) in [5, 5.41) is 9.42. The number of likely N-dealkylation sites (tertiary alicyclic amines) is 1. The average molecular weight is 592 g/mol. The Morgan fingerprint density at radius 2 is 1.84 bits per heavy atom. The zero-order valence-corrected chi connectivity index (χ0v) is 22.4. The van der Waals surface area contributed by atoms with E-state index in [0.29, 0.717) is 16.9 Å². The van der Waals surface area contributed by atoms with Gasteiger partial charge in [-0.25, -0.2) is 18.2 Å². The fourth-order valence-electron chi connectivity index (χ4n) is 3.69. The Balaban J connectivity index is 0.000000505. The van der Waals surface area contributed by atoms with Gasteiger partial charge in [0.1, 0.15) is 11.9 Å². The normalized spacial score (nSPS) is 15.7.